The van der Waals surface area contributed by atoms with Gasteiger partial charge in [-0.1, -0.05) is 0 Å². The van der Waals surface area contributed by atoms with Crippen molar-refractivity contribution < 1.29 is 18.7 Å². The molecule has 1 aliphatic heterocycles. The summed E-state index contributed by atoms with van der Waals surface area (Å²) in [7, 11) is 0. The van der Waals surface area contributed by atoms with Crippen LogP contribution in [0.15, 0.2) is 20.5 Å². The molecule has 0 spiro atoms. The van der Waals surface area contributed by atoms with Crippen LogP contribution in [0.2, 0.25) is 0 Å². The molecule has 0 unspecified atom stereocenters. The van der Waals surface area contributed by atoms with Crippen molar-refractivity contribution in [2.45, 2.75) is 6.92 Å². The van der Waals surface area contributed by atoms with Crippen LogP contribution in [-0.2, 0) is 14.3 Å². The minimum atomic E-state index is -0.652. The Bertz CT molecular complexity index is 582. The lowest BCUT2D eigenvalue weighted by atomic mass is 10.2. The Labute approximate surface area is 131 Å². The molecule has 1 saturated heterocycles. The Hall–Kier alpha value is -1.78. The van der Waals surface area contributed by atoms with Crippen LogP contribution in [-0.4, -0.2) is 38.9 Å². The number of hydrogen-bond acceptors (Lipinski definition) is 6. The Balaban J connectivity index is 2.21. The Morgan fingerprint density at radius 2 is 2.29 bits per heavy atom. The Kier molecular flexibility index (Phi) is 5.42. The maximum absolute atomic E-state index is 11.6. The van der Waals surface area contributed by atoms with Gasteiger partial charge in [0.25, 0.3) is 0 Å². The second-order valence-electron chi connectivity index (χ2n) is 4.29. The highest BCUT2D eigenvalue weighted by Crippen LogP contribution is 2.31. The largest absolute Gasteiger partial charge is 0.462 e. The van der Waals surface area contributed by atoms with E-state index in [2.05, 4.69) is 15.9 Å². The first kappa shape index (κ1) is 15.6. The Morgan fingerprint density at radius 3 is 2.90 bits per heavy atom. The molecule has 112 valence electrons. The topological polar surface area (TPSA) is 75.7 Å². The third kappa shape index (κ3) is 3.86. The molecular weight excluding hydrogens is 340 g/mol. The van der Waals surface area contributed by atoms with E-state index in [0.717, 1.165) is 17.6 Å². The van der Waals surface area contributed by atoms with Crippen molar-refractivity contribution >= 4 is 33.9 Å². The van der Waals surface area contributed by atoms with E-state index in [-0.39, 0.29) is 12.2 Å². The number of anilines is 1. The summed E-state index contributed by atoms with van der Waals surface area (Å²) in [4.78, 5) is 13.6. The van der Waals surface area contributed by atoms with Gasteiger partial charge >= 0.3 is 5.97 Å². The van der Waals surface area contributed by atoms with Gasteiger partial charge in [-0.3, -0.25) is 0 Å². The van der Waals surface area contributed by atoms with Crippen molar-refractivity contribution in [3.8, 4) is 6.07 Å². The first-order chi connectivity index (χ1) is 10.2. The lowest BCUT2D eigenvalue weighted by Gasteiger charge is -2.26. The van der Waals surface area contributed by atoms with E-state index in [0.29, 0.717) is 24.9 Å². The van der Waals surface area contributed by atoms with Crippen LogP contribution in [0.25, 0.3) is 6.08 Å². The van der Waals surface area contributed by atoms with E-state index in [1.54, 1.807) is 13.0 Å². The zero-order valence-electron chi connectivity index (χ0n) is 11.6. The highest BCUT2D eigenvalue weighted by Gasteiger charge is 2.19. The molecule has 1 aromatic rings. The van der Waals surface area contributed by atoms with Gasteiger partial charge in [-0.05, 0) is 22.9 Å². The first-order valence-electron chi connectivity index (χ1n) is 6.56. The van der Waals surface area contributed by atoms with Crippen molar-refractivity contribution in [1.82, 2.24) is 0 Å². The average molecular weight is 355 g/mol. The zero-order chi connectivity index (χ0) is 15.2. The molecule has 2 heterocycles. The summed E-state index contributed by atoms with van der Waals surface area (Å²) < 4.78 is 16.6. The van der Waals surface area contributed by atoms with Crippen LogP contribution in [0.3, 0.4) is 0 Å². The summed E-state index contributed by atoms with van der Waals surface area (Å²) in [6, 6.07) is 3.54. The summed E-state index contributed by atoms with van der Waals surface area (Å²) in [5, 5.41) is 9.01. The van der Waals surface area contributed by atoms with Crippen molar-refractivity contribution in [3.63, 3.8) is 0 Å². The number of furan rings is 1. The first-order valence-corrected chi connectivity index (χ1v) is 7.36. The van der Waals surface area contributed by atoms with Crippen LogP contribution < -0.4 is 4.90 Å². The van der Waals surface area contributed by atoms with Crippen molar-refractivity contribution in [2.75, 3.05) is 37.8 Å². The van der Waals surface area contributed by atoms with Gasteiger partial charge in [0, 0.05) is 25.2 Å². The molecule has 0 atom stereocenters. The average Bonchev–Trinajstić information content (AvgIpc) is 2.86. The summed E-state index contributed by atoms with van der Waals surface area (Å²) in [5.74, 6) is 0.444. The van der Waals surface area contributed by atoms with E-state index in [4.69, 9.17) is 19.2 Å². The SMILES string of the molecule is CCOC(=O)C(C#N)=Cc1cc(Br)c(N2CCOCC2)o1. The fourth-order valence-electron chi connectivity index (χ4n) is 1.92. The number of ether oxygens (including phenoxy) is 2. The number of halogens is 1. The van der Waals surface area contributed by atoms with E-state index in [1.807, 2.05) is 11.0 Å². The van der Waals surface area contributed by atoms with Crippen LogP contribution in [0, 0.1) is 11.3 Å². The number of esters is 1. The fraction of sp³-hybridized carbons (Fsp3) is 0.429. The molecule has 0 saturated carbocycles. The smallest absolute Gasteiger partial charge is 0.349 e. The zero-order valence-corrected chi connectivity index (χ0v) is 13.2. The third-order valence-electron chi connectivity index (χ3n) is 2.89. The van der Waals surface area contributed by atoms with Crippen LogP contribution >= 0.6 is 15.9 Å². The predicted octanol–water partition coefficient (Wildman–Crippen LogP) is 2.35. The normalized spacial score (nSPS) is 15.7. The maximum Gasteiger partial charge on any atom is 0.349 e. The lowest BCUT2D eigenvalue weighted by molar-refractivity contribution is -0.137. The van der Waals surface area contributed by atoms with Crippen LogP contribution in [0.5, 0.6) is 0 Å². The summed E-state index contributed by atoms with van der Waals surface area (Å²) >= 11 is 3.43. The number of nitriles is 1. The maximum atomic E-state index is 11.6. The predicted molar refractivity (Wildman–Crippen MR) is 79.7 cm³/mol. The van der Waals surface area contributed by atoms with Crippen molar-refractivity contribution in [2.24, 2.45) is 0 Å². The van der Waals surface area contributed by atoms with E-state index >= 15 is 0 Å². The highest BCUT2D eigenvalue weighted by atomic mass is 79.9. The highest BCUT2D eigenvalue weighted by molar-refractivity contribution is 9.10. The van der Waals surface area contributed by atoms with E-state index < -0.39 is 5.97 Å². The second-order valence-corrected chi connectivity index (χ2v) is 5.15. The van der Waals surface area contributed by atoms with Gasteiger partial charge in [0.1, 0.15) is 17.4 Å². The van der Waals surface area contributed by atoms with Crippen LogP contribution in [0.1, 0.15) is 12.7 Å². The van der Waals surface area contributed by atoms with Crippen molar-refractivity contribution in [1.29, 1.82) is 5.26 Å². The standard InChI is InChI=1S/C14H15BrN2O4/c1-2-20-14(18)10(9-16)7-11-8-12(15)13(21-11)17-3-5-19-6-4-17/h7-8H,2-6H2,1H3. The quantitative estimate of drug-likeness (QED) is 0.469. The molecule has 6 nitrogen and oxygen atoms in total. The molecule has 0 bridgehead atoms. The van der Waals surface area contributed by atoms with Gasteiger partial charge in [0.05, 0.1) is 24.3 Å². The summed E-state index contributed by atoms with van der Waals surface area (Å²) in [6.45, 7) is 4.66. The molecule has 1 aromatic heterocycles. The molecule has 0 radical (unpaired) electrons. The molecular formula is C14H15BrN2O4. The summed E-state index contributed by atoms with van der Waals surface area (Å²) in [6.07, 6.45) is 1.38. The van der Waals surface area contributed by atoms with E-state index in [9.17, 15) is 4.79 Å². The number of hydrogen-bond donors (Lipinski definition) is 0. The molecule has 21 heavy (non-hydrogen) atoms. The van der Waals surface area contributed by atoms with Gasteiger partial charge in [0.2, 0.25) is 5.88 Å². The second kappa shape index (κ2) is 7.29. The molecule has 1 aliphatic rings. The molecule has 0 amide bonds. The lowest BCUT2D eigenvalue weighted by Crippen LogP contribution is -2.36. The van der Waals surface area contributed by atoms with Crippen LogP contribution in [0.4, 0.5) is 5.88 Å². The number of nitrogens with zero attached hydrogens (tertiary/aromatic N) is 2. The molecule has 2 rings (SSSR count). The number of rotatable bonds is 4. The van der Waals surface area contributed by atoms with Gasteiger partial charge in [0.15, 0.2) is 0 Å². The minimum Gasteiger partial charge on any atom is -0.462 e. The van der Waals surface area contributed by atoms with Gasteiger partial charge < -0.3 is 18.8 Å². The van der Waals surface area contributed by atoms with Gasteiger partial charge in [-0.15, -0.1) is 0 Å². The number of morpholine rings is 1. The number of carbonyl (C=O) groups is 1. The van der Waals surface area contributed by atoms with Gasteiger partial charge in [-0.2, -0.15) is 5.26 Å². The van der Waals surface area contributed by atoms with E-state index in [1.165, 1.54) is 6.08 Å². The molecule has 7 heteroatoms. The van der Waals surface area contributed by atoms with Crippen molar-refractivity contribution in [3.05, 3.63) is 21.9 Å². The monoisotopic (exact) mass is 354 g/mol. The molecule has 1 fully saturated rings. The fourth-order valence-corrected chi connectivity index (χ4v) is 2.47. The summed E-state index contributed by atoms with van der Waals surface area (Å²) in [5.41, 5.74) is -0.0911. The number of carbonyl (C=O) groups excluding carboxylic acids is 1. The Morgan fingerprint density at radius 1 is 1.57 bits per heavy atom. The molecule has 0 aliphatic carbocycles. The molecule has 0 N–H and O–H groups in total. The molecule has 0 aromatic carbocycles. The van der Waals surface area contributed by atoms with Gasteiger partial charge in [-0.25, -0.2) is 4.79 Å². The minimum absolute atomic E-state index is 0.0911. The third-order valence-corrected chi connectivity index (χ3v) is 3.46.